The topological polar surface area (TPSA) is 58.6 Å². The minimum absolute atomic E-state index is 0.00636. The van der Waals surface area contributed by atoms with Crippen molar-refractivity contribution in [2.75, 3.05) is 20.3 Å². The number of carbonyl (C=O) groups is 2. The van der Waals surface area contributed by atoms with Crippen LogP contribution in [-0.2, 0) is 14.3 Å². The van der Waals surface area contributed by atoms with Crippen LogP contribution in [0.1, 0.15) is 39.0 Å². The second-order valence-corrected chi connectivity index (χ2v) is 5.75. The molecule has 19 heavy (non-hydrogen) atoms. The fourth-order valence-electron chi connectivity index (χ4n) is 3.13. The molecule has 1 N–H and O–H groups in total. The Morgan fingerprint density at radius 2 is 2.16 bits per heavy atom. The fraction of sp³-hybridized carbons (Fsp3) is 0.857. The van der Waals surface area contributed by atoms with Crippen LogP contribution in [0.5, 0.6) is 0 Å². The maximum Gasteiger partial charge on any atom is 0.225 e. The molecule has 2 fully saturated rings. The van der Waals surface area contributed by atoms with E-state index in [0.717, 1.165) is 12.8 Å². The van der Waals surface area contributed by atoms with Gasteiger partial charge in [-0.25, -0.2) is 0 Å². The van der Waals surface area contributed by atoms with Crippen LogP contribution in [0.4, 0.5) is 0 Å². The number of hydrogen-bond acceptors (Lipinski definition) is 3. The molecule has 2 atom stereocenters. The van der Waals surface area contributed by atoms with E-state index in [1.165, 1.54) is 12.8 Å². The molecule has 1 heterocycles. The van der Waals surface area contributed by atoms with Crippen molar-refractivity contribution in [2.24, 2.45) is 5.92 Å². The lowest BCUT2D eigenvalue weighted by molar-refractivity contribution is -0.130. The van der Waals surface area contributed by atoms with E-state index in [1.807, 2.05) is 11.8 Å². The van der Waals surface area contributed by atoms with E-state index >= 15 is 0 Å². The predicted molar refractivity (Wildman–Crippen MR) is 71.6 cm³/mol. The molecule has 0 aromatic rings. The summed E-state index contributed by atoms with van der Waals surface area (Å²) in [5.41, 5.74) is 0. The van der Waals surface area contributed by atoms with Gasteiger partial charge in [0, 0.05) is 32.2 Å². The van der Waals surface area contributed by atoms with E-state index < -0.39 is 0 Å². The van der Waals surface area contributed by atoms with Gasteiger partial charge in [0.25, 0.3) is 0 Å². The minimum atomic E-state index is -0.188. The highest BCUT2D eigenvalue weighted by atomic mass is 16.5. The number of amides is 2. The van der Waals surface area contributed by atoms with Crippen molar-refractivity contribution < 1.29 is 14.3 Å². The molecule has 108 valence electrons. The smallest absolute Gasteiger partial charge is 0.225 e. The zero-order valence-electron chi connectivity index (χ0n) is 11.9. The van der Waals surface area contributed by atoms with Crippen LogP contribution < -0.4 is 5.32 Å². The summed E-state index contributed by atoms with van der Waals surface area (Å²) in [6, 6.07) is 0.370. The van der Waals surface area contributed by atoms with E-state index in [0.29, 0.717) is 25.6 Å². The highest BCUT2D eigenvalue weighted by Crippen LogP contribution is 2.29. The summed E-state index contributed by atoms with van der Waals surface area (Å²) in [7, 11) is 1.61. The number of rotatable bonds is 5. The zero-order chi connectivity index (χ0) is 13.8. The number of nitrogens with one attached hydrogen (secondary N) is 1. The molecule has 5 nitrogen and oxygen atoms in total. The number of nitrogens with zero attached hydrogens (tertiary/aromatic N) is 1. The van der Waals surface area contributed by atoms with Crippen molar-refractivity contribution >= 4 is 11.8 Å². The Bertz CT molecular complexity index is 340. The molecule has 0 aromatic heterocycles. The van der Waals surface area contributed by atoms with Crippen LogP contribution in [0.3, 0.4) is 0 Å². The lowest BCUT2D eigenvalue weighted by atomic mass is 10.1. The standard InChI is InChI=1S/C14H24N2O3/c1-10(9-19-2)15-14(18)11-7-13(17)16(8-11)12-5-3-4-6-12/h10-12H,3-9H2,1-2H3,(H,15,18)/t10-,11-/m1/s1. The largest absolute Gasteiger partial charge is 0.383 e. The molecule has 0 unspecified atom stereocenters. The first kappa shape index (κ1) is 14.3. The van der Waals surface area contributed by atoms with E-state index in [4.69, 9.17) is 4.74 Å². The second-order valence-electron chi connectivity index (χ2n) is 5.75. The highest BCUT2D eigenvalue weighted by Gasteiger charge is 2.38. The molecule has 0 spiro atoms. The molecule has 2 rings (SSSR count). The molecule has 5 heteroatoms. The van der Waals surface area contributed by atoms with Gasteiger partial charge in [0.15, 0.2) is 0 Å². The van der Waals surface area contributed by atoms with Crippen LogP contribution in [0.25, 0.3) is 0 Å². The number of hydrogen-bond donors (Lipinski definition) is 1. The maximum absolute atomic E-state index is 12.1. The fourth-order valence-corrected chi connectivity index (χ4v) is 3.13. The van der Waals surface area contributed by atoms with Gasteiger partial charge < -0.3 is 15.0 Å². The van der Waals surface area contributed by atoms with E-state index in [-0.39, 0.29) is 23.8 Å². The van der Waals surface area contributed by atoms with Crippen LogP contribution in [0, 0.1) is 5.92 Å². The average Bonchev–Trinajstić information content (AvgIpc) is 2.97. The number of carbonyl (C=O) groups excluding carboxylic acids is 2. The zero-order valence-corrected chi connectivity index (χ0v) is 11.9. The van der Waals surface area contributed by atoms with Gasteiger partial charge in [-0.3, -0.25) is 9.59 Å². The van der Waals surface area contributed by atoms with Crippen LogP contribution >= 0.6 is 0 Å². The number of likely N-dealkylation sites (tertiary alicyclic amines) is 1. The first-order chi connectivity index (χ1) is 9.11. The Morgan fingerprint density at radius 3 is 2.79 bits per heavy atom. The lowest BCUT2D eigenvalue weighted by Crippen LogP contribution is -2.41. The van der Waals surface area contributed by atoms with Crippen molar-refractivity contribution in [3.63, 3.8) is 0 Å². The van der Waals surface area contributed by atoms with Gasteiger partial charge in [0.1, 0.15) is 0 Å². The minimum Gasteiger partial charge on any atom is -0.383 e. The SMILES string of the molecule is COC[C@@H](C)NC(=O)[C@@H]1CC(=O)N(C2CCCC2)C1. The van der Waals surface area contributed by atoms with Gasteiger partial charge in [-0.2, -0.15) is 0 Å². The van der Waals surface area contributed by atoms with Crippen molar-refractivity contribution in [2.45, 2.75) is 51.1 Å². The van der Waals surface area contributed by atoms with Crippen LogP contribution in [0.2, 0.25) is 0 Å². The molecule has 0 radical (unpaired) electrons. The molecule has 1 aliphatic heterocycles. The molecule has 1 aliphatic carbocycles. The molecule has 0 bridgehead atoms. The summed E-state index contributed by atoms with van der Waals surface area (Å²) in [6.07, 6.45) is 4.97. The third kappa shape index (κ3) is 3.47. The van der Waals surface area contributed by atoms with Crippen LogP contribution in [0.15, 0.2) is 0 Å². The van der Waals surface area contributed by atoms with Gasteiger partial charge in [0.05, 0.1) is 12.5 Å². The van der Waals surface area contributed by atoms with Crippen molar-refractivity contribution in [3.8, 4) is 0 Å². The second kappa shape index (κ2) is 6.37. The van der Waals surface area contributed by atoms with E-state index in [9.17, 15) is 9.59 Å². The van der Waals surface area contributed by atoms with Gasteiger partial charge in [0.2, 0.25) is 11.8 Å². The van der Waals surface area contributed by atoms with Gasteiger partial charge in [-0.05, 0) is 19.8 Å². The Labute approximate surface area is 114 Å². The van der Waals surface area contributed by atoms with Gasteiger partial charge in [-0.15, -0.1) is 0 Å². The molecular weight excluding hydrogens is 244 g/mol. The summed E-state index contributed by atoms with van der Waals surface area (Å²) < 4.78 is 5.00. The Kier molecular flexibility index (Phi) is 4.80. The van der Waals surface area contributed by atoms with Gasteiger partial charge >= 0.3 is 0 Å². The van der Waals surface area contributed by atoms with Crippen molar-refractivity contribution in [1.29, 1.82) is 0 Å². The molecule has 1 saturated carbocycles. The van der Waals surface area contributed by atoms with Crippen LogP contribution in [-0.4, -0.2) is 49.1 Å². The summed E-state index contributed by atoms with van der Waals surface area (Å²) >= 11 is 0. The predicted octanol–water partition coefficient (Wildman–Crippen LogP) is 0.929. The summed E-state index contributed by atoms with van der Waals surface area (Å²) in [4.78, 5) is 26.0. The highest BCUT2D eigenvalue weighted by molar-refractivity contribution is 5.89. The maximum atomic E-state index is 12.1. The third-order valence-corrected chi connectivity index (χ3v) is 4.10. The molecular formula is C14H24N2O3. The van der Waals surface area contributed by atoms with E-state index in [2.05, 4.69) is 5.32 Å². The quantitative estimate of drug-likeness (QED) is 0.807. The summed E-state index contributed by atoms with van der Waals surface area (Å²) in [5, 5.41) is 2.91. The molecule has 1 saturated heterocycles. The lowest BCUT2D eigenvalue weighted by Gasteiger charge is -2.24. The first-order valence-corrected chi connectivity index (χ1v) is 7.20. The summed E-state index contributed by atoms with van der Waals surface area (Å²) in [6.45, 7) is 3.00. The molecule has 2 aliphatic rings. The normalized spacial score (nSPS) is 25.9. The Hall–Kier alpha value is -1.10. The van der Waals surface area contributed by atoms with E-state index in [1.54, 1.807) is 7.11 Å². The Morgan fingerprint density at radius 1 is 1.47 bits per heavy atom. The van der Waals surface area contributed by atoms with Gasteiger partial charge in [-0.1, -0.05) is 12.8 Å². The average molecular weight is 268 g/mol. The molecule has 0 aromatic carbocycles. The third-order valence-electron chi connectivity index (χ3n) is 4.10. The summed E-state index contributed by atoms with van der Waals surface area (Å²) in [5.74, 6) is -0.0581. The van der Waals surface area contributed by atoms with Crippen molar-refractivity contribution in [1.82, 2.24) is 10.2 Å². The number of methoxy groups -OCH3 is 1. The number of ether oxygens (including phenoxy) is 1. The van der Waals surface area contributed by atoms with Crippen molar-refractivity contribution in [3.05, 3.63) is 0 Å². The Balaban J connectivity index is 1.85. The first-order valence-electron chi connectivity index (χ1n) is 7.20. The monoisotopic (exact) mass is 268 g/mol. The molecule has 2 amide bonds.